The van der Waals surface area contributed by atoms with Gasteiger partial charge in [0, 0.05) is 6.20 Å². The highest BCUT2D eigenvalue weighted by Gasteiger charge is 2.36. The van der Waals surface area contributed by atoms with E-state index in [2.05, 4.69) is 10.3 Å². The van der Waals surface area contributed by atoms with Crippen LogP contribution in [0.1, 0.15) is 11.1 Å². The molecular formula is C18H15N3O4. The highest BCUT2D eigenvalue weighted by molar-refractivity contribution is 6.39. The van der Waals surface area contributed by atoms with Gasteiger partial charge in [0.25, 0.3) is 11.8 Å². The van der Waals surface area contributed by atoms with Gasteiger partial charge in [0.15, 0.2) is 0 Å². The van der Waals surface area contributed by atoms with Crippen LogP contribution in [0.5, 0.6) is 5.75 Å². The van der Waals surface area contributed by atoms with Crippen molar-refractivity contribution in [2.45, 2.75) is 6.92 Å². The van der Waals surface area contributed by atoms with Crippen molar-refractivity contribution in [1.29, 1.82) is 0 Å². The minimum Gasteiger partial charge on any atom is -0.496 e. The predicted octanol–water partition coefficient (Wildman–Crippen LogP) is 2.07. The number of barbiturate groups is 1. The molecule has 0 bridgehead atoms. The van der Waals surface area contributed by atoms with E-state index in [9.17, 15) is 14.4 Å². The lowest BCUT2D eigenvalue weighted by Crippen LogP contribution is -2.54. The van der Waals surface area contributed by atoms with Crippen LogP contribution in [0.2, 0.25) is 0 Å². The van der Waals surface area contributed by atoms with Gasteiger partial charge in [0.2, 0.25) is 0 Å². The Balaban J connectivity index is 2.00. The molecule has 7 nitrogen and oxygen atoms in total. The SMILES string of the molecule is COc1ccc(/C=C2\C(=O)NC(=O)N(c3cccnc3)C2=O)cc1C. The number of methoxy groups -OCH3 is 1. The topological polar surface area (TPSA) is 88.6 Å². The quantitative estimate of drug-likeness (QED) is 0.684. The number of amides is 4. The fourth-order valence-electron chi connectivity index (χ4n) is 2.54. The lowest BCUT2D eigenvalue weighted by molar-refractivity contribution is -0.122. The van der Waals surface area contributed by atoms with E-state index in [0.717, 1.165) is 10.5 Å². The molecular weight excluding hydrogens is 322 g/mol. The molecule has 1 aliphatic heterocycles. The van der Waals surface area contributed by atoms with Crippen molar-refractivity contribution in [3.05, 3.63) is 59.4 Å². The molecule has 3 rings (SSSR count). The Morgan fingerprint density at radius 3 is 2.64 bits per heavy atom. The first-order valence-corrected chi connectivity index (χ1v) is 7.47. The van der Waals surface area contributed by atoms with Crippen LogP contribution in [0.4, 0.5) is 10.5 Å². The standard InChI is InChI=1S/C18H15N3O4/c1-11-8-12(5-6-15(11)25-2)9-14-16(22)20-18(24)21(17(14)23)13-4-3-7-19-10-13/h3-10H,1-2H3,(H,20,22,24)/b14-9+. The van der Waals surface area contributed by atoms with Crippen LogP contribution in [-0.4, -0.2) is 29.9 Å². The lowest BCUT2D eigenvalue weighted by atomic mass is 10.0. The number of carbonyl (C=O) groups is 3. The predicted molar refractivity (Wildman–Crippen MR) is 91.0 cm³/mol. The average molecular weight is 337 g/mol. The maximum Gasteiger partial charge on any atom is 0.336 e. The Morgan fingerprint density at radius 2 is 2.00 bits per heavy atom. The second-order valence-electron chi connectivity index (χ2n) is 5.40. The fourth-order valence-corrected chi connectivity index (χ4v) is 2.54. The minimum absolute atomic E-state index is 0.131. The smallest absolute Gasteiger partial charge is 0.336 e. The molecule has 0 saturated carbocycles. The molecule has 2 heterocycles. The van der Waals surface area contributed by atoms with Crippen molar-refractivity contribution in [3.63, 3.8) is 0 Å². The van der Waals surface area contributed by atoms with Crippen LogP contribution in [0, 0.1) is 6.92 Å². The van der Waals surface area contributed by atoms with Crippen LogP contribution in [0.15, 0.2) is 48.3 Å². The summed E-state index contributed by atoms with van der Waals surface area (Å²) in [5, 5.41) is 2.17. The number of nitrogens with zero attached hydrogens (tertiary/aromatic N) is 2. The zero-order chi connectivity index (χ0) is 18.0. The number of aromatic nitrogens is 1. The largest absolute Gasteiger partial charge is 0.496 e. The summed E-state index contributed by atoms with van der Waals surface area (Å²) in [6.07, 6.45) is 4.35. The van der Waals surface area contributed by atoms with Crippen molar-refractivity contribution >= 4 is 29.6 Å². The number of imide groups is 2. The number of benzene rings is 1. The summed E-state index contributed by atoms with van der Waals surface area (Å²) in [6, 6.07) is 7.63. The Hall–Kier alpha value is -3.48. The molecule has 1 aromatic carbocycles. The van der Waals surface area contributed by atoms with Gasteiger partial charge in [0.1, 0.15) is 11.3 Å². The van der Waals surface area contributed by atoms with E-state index in [1.165, 1.54) is 18.5 Å². The summed E-state index contributed by atoms with van der Waals surface area (Å²) in [4.78, 5) is 41.6. The summed E-state index contributed by atoms with van der Waals surface area (Å²) in [5.41, 5.74) is 1.67. The third-order valence-electron chi connectivity index (χ3n) is 3.74. The highest BCUT2D eigenvalue weighted by Crippen LogP contribution is 2.23. The molecule has 0 unspecified atom stereocenters. The molecule has 7 heteroatoms. The zero-order valence-electron chi connectivity index (χ0n) is 13.6. The second-order valence-corrected chi connectivity index (χ2v) is 5.40. The van der Waals surface area contributed by atoms with Crippen LogP contribution in [0.3, 0.4) is 0 Å². The molecule has 1 aromatic heterocycles. The summed E-state index contributed by atoms with van der Waals surface area (Å²) in [5.74, 6) is -0.729. The summed E-state index contributed by atoms with van der Waals surface area (Å²) < 4.78 is 5.19. The number of hydrogen-bond acceptors (Lipinski definition) is 5. The third kappa shape index (κ3) is 3.12. The molecule has 2 aromatic rings. The third-order valence-corrected chi connectivity index (χ3v) is 3.74. The van der Waals surface area contributed by atoms with E-state index in [1.807, 2.05) is 6.92 Å². The zero-order valence-corrected chi connectivity index (χ0v) is 13.6. The molecule has 1 fully saturated rings. The number of nitrogens with one attached hydrogen (secondary N) is 1. The van der Waals surface area contributed by atoms with Gasteiger partial charge >= 0.3 is 6.03 Å². The molecule has 1 saturated heterocycles. The van der Waals surface area contributed by atoms with Gasteiger partial charge < -0.3 is 4.74 Å². The van der Waals surface area contributed by atoms with Crippen molar-refractivity contribution in [2.75, 3.05) is 12.0 Å². The first-order chi connectivity index (χ1) is 12.0. The molecule has 126 valence electrons. The van der Waals surface area contributed by atoms with Crippen LogP contribution >= 0.6 is 0 Å². The summed E-state index contributed by atoms with van der Waals surface area (Å²) in [6.45, 7) is 1.86. The number of hydrogen-bond donors (Lipinski definition) is 1. The molecule has 0 spiro atoms. The number of anilines is 1. The molecule has 0 atom stereocenters. The number of urea groups is 1. The number of aryl methyl sites for hydroxylation is 1. The highest BCUT2D eigenvalue weighted by atomic mass is 16.5. The Kier molecular flexibility index (Phi) is 4.30. The molecule has 25 heavy (non-hydrogen) atoms. The first kappa shape index (κ1) is 16.4. The van der Waals surface area contributed by atoms with Gasteiger partial charge in [-0.1, -0.05) is 6.07 Å². The van der Waals surface area contributed by atoms with Crippen LogP contribution < -0.4 is 15.0 Å². The van der Waals surface area contributed by atoms with Gasteiger partial charge in [-0.2, -0.15) is 0 Å². The van der Waals surface area contributed by atoms with Gasteiger partial charge in [-0.25, -0.2) is 9.69 Å². The van der Waals surface area contributed by atoms with Gasteiger partial charge in [0.05, 0.1) is 19.0 Å². The van der Waals surface area contributed by atoms with Gasteiger partial charge in [-0.15, -0.1) is 0 Å². The Bertz CT molecular complexity index is 890. The molecule has 1 aliphatic rings. The van der Waals surface area contributed by atoms with Gasteiger partial charge in [-0.3, -0.25) is 19.9 Å². The molecule has 0 radical (unpaired) electrons. The van der Waals surface area contributed by atoms with Crippen molar-refractivity contribution in [2.24, 2.45) is 0 Å². The Morgan fingerprint density at radius 1 is 1.20 bits per heavy atom. The number of rotatable bonds is 3. The van der Waals surface area contributed by atoms with E-state index < -0.39 is 17.8 Å². The molecule has 4 amide bonds. The van der Waals surface area contributed by atoms with E-state index >= 15 is 0 Å². The number of ether oxygens (including phenoxy) is 1. The monoisotopic (exact) mass is 337 g/mol. The van der Waals surface area contributed by atoms with E-state index in [0.29, 0.717) is 11.3 Å². The second kappa shape index (κ2) is 6.56. The fraction of sp³-hybridized carbons (Fsp3) is 0.111. The van der Waals surface area contributed by atoms with Crippen molar-refractivity contribution in [3.8, 4) is 5.75 Å². The summed E-state index contributed by atoms with van der Waals surface area (Å²) >= 11 is 0. The minimum atomic E-state index is -0.800. The number of pyridine rings is 1. The van der Waals surface area contributed by atoms with Crippen LogP contribution in [0.25, 0.3) is 6.08 Å². The summed E-state index contributed by atoms with van der Waals surface area (Å²) in [7, 11) is 1.57. The normalized spacial score (nSPS) is 16.2. The van der Waals surface area contributed by atoms with E-state index in [-0.39, 0.29) is 11.3 Å². The molecule has 1 N–H and O–H groups in total. The van der Waals surface area contributed by atoms with E-state index in [4.69, 9.17) is 4.74 Å². The maximum atomic E-state index is 12.7. The average Bonchev–Trinajstić information content (AvgIpc) is 2.59. The Labute approximate surface area is 143 Å². The molecule has 0 aliphatic carbocycles. The maximum absolute atomic E-state index is 12.7. The van der Waals surface area contributed by atoms with E-state index in [1.54, 1.807) is 37.4 Å². The van der Waals surface area contributed by atoms with Crippen LogP contribution in [-0.2, 0) is 9.59 Å². The van der Waals surface area contributed by atoms with Gasteiger partial charge in [-0.05, 0) is 48.4 Å². The van der Waals surface area contributed by atoms with Crippen molar-refractivity contribution in [1.82, 2.24) is 10.3 Å². The number of carbonyl (C=O) groups excluding carboxylic acids is 3. The van der Waals surface area contributed by atoms with Crippen molar-refractivity contribution < 1.29 is 19.1 Å². The first-order valence-electron chi connectivity index (χ1n) is 7.47. The lowest BCUT2D eigenvalue weighted by Gasteiger charge is -2.26.